The molecule has 0 unspecified atom stereocenters. The molecule has 7 heteroatoms. The molecule has 0 aliphatic heterocycles. The molecule has 0 aliphatic carbocycles. The van der Waals surface area contributed by atoms with Gasteiger partial charge in [-0.25, -0.2) is 4.98 Å². The van der Waals surface area contributed by atoms with Crippen molar-refractivity contribution >= 4 is 17.7 Å². The minimum absolute atomic E-state index is 0.305. The van der Waals surface area contributed by atoms with Crippen LogP contribution in [0.2, 0.25) is 0 Å². The maximum Gasteiger partial charge on any atom is 0.222 e. The van der Waals surface area contributed by atoms with Gasteiger partial charge in [-0.1, -0.05) is 44.0 Å². The van der Waals surface area contributed by atoms with Crippen molar-refractivity contribution < 1.29 is 4.74 Å². The molecular weight excluding hydrogens is 400 g/mol. The molecule has 32 heavy (non-hydrogen) atoms. The summed E-state index contributed by atoms with van der Waals surface area (Å²) in [4.78, 5) is 11.0. The van der Waals surface area contributed by atoms with Crippen molar-refractivity contribution in [1.29, 1.82) is 5.41 Å². The Morgan fingerprint density at radius 3 is 2.47 bits per heavy atom. The van der Waals surface area contributed by atoms with E-state index in [1.54, 1.807) is 0 Å². The number of nitrogen functional groups attached to an aromatic ring is 1. The summed E-state index contributed by atoms with van der Waals surface area (Å²) in [6, 6.07) is 8.36. The van der Waals surface area contributed by atoms with E-state index < -0.39 is 0 Å². The third-order valence-corrected chi connectivity index (χ3v) is 5.35. The van der Waals surface area contributed by atoms with E-state index in [0.717, 1.165) is 61.4 Å². The van der Waals surface area contributed by atoms with Gasteiger partial charge in [0.15, 0.2) is 5.90 Å². The molecule has 1 heterocycles. The highest BCUT2D eigenvalue weighted by molar-refractivity contribution is 5.75. The van der Waals surface area contributed by atoms with E-state index in [9.17, 15) is 0 Å². The molecule has 0 saturated heterocycles. The summed E-state index contributed by atoms with van der Waals surface area (Å²) in [6.07, 6.45) is 6.79. The van der Waals surface area contributed by atoms with Crippen LogP contribution < -0.4 is 11.1 Å². The van der Waals surface area contributed by atoms with Crippen LogP contribution >= 0.6 is 0 Å². The number of benzene rings is 1. The van der Waals surface area contributed by atoms with Gasteiger partial charge in [0.1, 0.15) is 5.82 Å². The Morgan fingerprint density at radius 1 is 1.06 bits per heavy atom. The van der Waals surface area contributed by atoms with Crippen molar-refractivity contribution in [3.05, 3.63) is 46.6 Å². The van der Waals surface area contributed by atoms with Crippen LogP contribution in [0.4, 0.5) is 11.8 Å². The van der Waals surface area contributed by atoms with Gasteiger partial charge in [-0.2, -0.15) is 4.98 Å². The van der Waals surface area contributed by atoms with Crippen molar-refractivity contribution in [3.63, 3.8) is 0 Å². The average Bonchev–Trinajstić information content (AvgIpc) is 2.74. The van der Waals surface area contributed by atoms with E-state index in [-0.39, 0.29) is 0 Å². The Kier molecular flexibility index (Phi) is 10.9. The summed E-state index contributed by atoms with van der Waals surface area (Å²) in [5.41, 5.74) is 10.1. The number of nitrogens with one attached hydrogen (secondary N) is 2. The molecule has 2 aromatic rings. The largest absolute Gasteiger partial charge is 0.481 e. The quantitative estimate of drug-likeness (QED) is 0.228. The Morgan fingerprint density at radius 2 is 1.78 bits per heavy atom. The Balaban J connectivity index is 1.91. The summed E-state index contributed by atoms with van der Waals surface area (Å²) in [6.45, 7) is 6.72. The van der Waals surface area contributed by atoms with Crippen molar-refractivity contribution in [2.75, 3.05) is 44.8 Å². The fourth-order valence-electron chi connectivity index (χ4n) is 3.50. The van der Waals surface area contributed by atoms with Crippen LogP contribution in [0.15, 0.2) is 24.3 Å². The van der Waals surface area contributed by atoms with Crippen LogP contribution in [0.25, 0.3) is 0 Å². The fraction of sp³-hybridized carbons (Fsp3) is 0.560. The zero-order valence-electron chi connectivity index (χ0n) is 20.2. The number of hydrogen-bond donors (Lipinski definition) is 3. The molecule has 0 fully saturated rings. The van der Waals surface area contributed by atoms with Crippen LogP contribution in [-0.2, 0) is 17.6 Å². The van der Waals surface area contributed by atoms with E-state index in [2.05, 4.69) is 65.5 Å². The first-order valence-corrected chi connectivity index (χ1v) is 11.7. The highest BCUT2D eigenvalue weighted by atomic mass is 16.5. The second kappa shape index (κ2) is 13.7. The van der Waals surface area contributed by atoms with Crippen LogP contribution in [0.3, 0.4) is 0 Å². The average molecular weight is 441 g/mol. The molecule has 2 rings (SSSR count). The fourth-order valence-corrected chi connectivity index (χ4v) is 3.50. The molecule has 0 saturated carbocycles. The molecule has 0 radical (unpaired) electrons. The van der Waals surface area contributed by atoms with Gasteiger partial charge < -0.3 is 20.7 Å². The van der Waals surface area contributed by atoms with Crippen molar-refractivity contribution in [3.8, 4) is 0 Å². The topological polar surface area (TPSA) is 100 Å². The molecule has 0 spiro atoms. The van der Waals surface area contributed by atoms with Gasteiger partial charge in [-0.3, -0.25) is 5.41 Å². The lowest BCUT2D eigenvalue weighted by Gasteiger charge is -2.14. The Bertz CT molecular complexity index is 835. The normalized spacial score (nSPS) is 11.0. The number of nitrogens with zero attached hydrogens (tertiary/aromatic N) is 3. The highest BCUT2D eigenvalue weighted by Gasteiger charge is 2.12. The van der Waals surface area contributed by atoms with E-state index in [1.807, 2.05) is 6.92 Å². The molecule has 0 amide bonds. The molecule has 0 aliphatic rings. The van der Waals surface area contributed by atoms with Gasteiger partial charge in [0, 0.05) is 30.6 Å². The molecule has 4 N–H and O–H groups in total. The maximum atomic E-state index is 8.08. The monoisotopic (exact) mass is 440 g/mol. The summed E-state index contributed by atoms with van der Waals surface area (Å²) >= 11 is 0. The first kappa shape index (κ1) is 25.6. The summed E-state index contributed by atoms with van der Waals surface area (Å²) in [5, 5.41) is 11.5. The molecule has 176 valence electrons. The predicted molar refractivity (Wildman–Crippen MR) is 134 cm³/mol. The number of hydrogen-bond acceptors (Lipinski definition) is 7. The Labute approximate surface area is 193 Å². The van der Waals surface area contributed by atoms with Crippen LogP contribution in [0, 0.1) is 12.3 Å². The van der Waals surface area contributed by atoms with E-state index >= 15 is 0 Å². The lowest BCUT2D eigenvalue weighted by Crippen LogP contribution is -2.14. The van der Waals surface area contributed by atoms with Gasteiger partial charge in [0.2, 0.25) is 5.95 Å². The SMILES string of the molecule is CCCCCNc1nc(N)nc(C)c1Cc1ccc(CC(=N)OCCCCN(C)C)cc1. The number of unbranched alkanes of at least 4 members (excludes halogenated alkanes) is 3. The number of anilines is 2. The van der Waals surface area contributed by atoms with Crippen LogP contribution in [-0.4, -0.2) is 54.6 Å². The summed E-state index contributed by atoms with van der Waals surface area (Å²) < 4.78 is 5.58. The van der Waals surface area contributed by atoms with E-state index in [1.165, 1.54) is 18.4 Å². The van der Waals surface area contributed by atoms with Gasteiger partial charge >= 0.3 is 0 Å². The van der Waals surface area contributed by atoms with E-state index in [4.69, 9.17) is 15.9 Å². The summed E-state index contributed by atoms with van der Waals surface area (Å²) in [7, 11) is 4.14. The standard InChI is InChI=1S/C25H40N6O/c1-5-6-7-14-28-24-22(19(2)29-25(27)30-24)17-20-10-12-21(13-11-20)18-23(26)32-16-9-8-15-31(3)4/h10-13,26H,5-9,14-18H2,1-4H3,(H3,27,28,29,30). The van der Waals surface area contributed by atoms with Crippen molar-refractivity contribution in [2.24, 2.45) is 0 Å². The zero-order chi connectivity index (χ0) is 23.3. The Hall–Kier alpha value is -2.67. The lowest BCUT2D eigenvalue weighted by molar-refractivity contribution is 0.275. The number of nitrogens with two attached hydrogens (primary N) is 1. The number of rotatable bonds is 14. The van der Waals surface area contributed by atoms with Crippen LogP contribution in [0.1, 0.15) is 61.4 Å². The minimum atomic E-state index is 0.305. The molecular formula is C25H40N6O. The molecule has 0 bridgehead atoms. The molecule has 7 nitrogen and oxygen atoms in total. The minimum Gasteiger partial charge on any atom is -0.481 e. The van der Waals surface area contributed by atoms with Crippen molar-refractivity contribution in [1.82, 2.24) is 14.9 Å². The first-order valence-electron chi connectivity index (χ1n) is 11.7. The first-order chi connectivity index (χ1) is 15.4. The molecule has 1 aromatic heterocycles. The predicted octanol–water partition coefficient (Wildman–Crippen LogP) is 4.44. The maximum absolute atomic E-state index is 8.08. The second-order valence-corrected chi connectivity index (χ2v) is 8.58. The highest BCUT2D eigenvalue weighted by Crippen LogP contribution is 2.22. The zero-order valence-corrected chi connectivity index (χ0v) is 20.2. The van der Waals surface area contributed by atoms with E-state index in [0.29, 0.717) is 24.9 Å². The van der Waals surface area contributed by atoms with Gasteiger partial charge in [-0.15, -0.1) is 0 Å². The second-order valence-electron chi connectivity index (χ2n) is 8.58. The number of ether oxygens (including phenoxy) is 1. The molecule has 0 atom stereocenters. The number of aromatic nitrogens is 2. The van der Waals surface area contributed by atoms with Crippen molar-refractivity contribution in [2.45, 2.75) is 58.8 Å². The third kappa shape index (κ3) is 9.22. The number of aryl methyl sites for hydroxylation is 1. The van der Waals surface area contributed by atoms with Crippen LogP contribution in [0.5, 0.6) is 0 Å². The third-order valence-electron chi connectivity index (χ3n) is 5.35. The molecule has 1 aromatic carbocycles. The summed E-state index contributed by atoms with van der Waals surface area (Å²) in [5.74, 6) is 1.46. The van der Waals surface area contributed by atoms with Gasteiger partial charge in [0.05, 0.1) is 6.61 Å². The smallest absolute Gasteiger partial charge is 0.222 e. The van der Waals surface area contributed by atoms with Gasteiger partial charge in [0.25, 0.3) is 0 Å². The lowest BCUT2D eigenvalue weighted by atomic mass is 10.0. The van der Waals surface area contributed by atoms with Gasteiger partial charge in [-0.05, 0) is 58.0 Å².